The number of carbonyl (C=O) groups is 1. The molecule has 29 heavy (non-hydrogen) atoms. The van der Waals surface area contributed by atoms with E-state index in [1.807, 2.05) is 11.4 Å². The van der Waals surface area contributed by atoms with Crippen LogP contribution in [0.4, 0.5) is 11.4 Å². The minimum atomic E-state index is -0.482. The summed E-state index contributed by atoms with van der Waals surface area (Å²) >= 11 is 1.68. The lowest BCUT2D eigenvalue weighted by molar-refractivity contribution is -0.384. The molecule has 1 saturated heterocycles. The summed E-state index contributed by atoms with van der Waals surface area (Å²) in [6.45, 7) is 3.39. The molecule has 0 aliphatic carbocycles. The first-order valence-electron chi connectivity index (χ1n) is 9.67. The minimum absolute atomic E-state index is 0.122. The van der Waals surface area contributed by atoms with E-state index in [-0.39, 0.29) is 23.2 Å². The van der Waals surface area contributed by atoms with Crippen LogP contribution < -0.4 is 10.6 Å². The number of carbonyl (C=O) groups excluding carboxylic acids is 1. The molecule has 1 amide bonds. The Morgan fingerprint density at radius 1 is 1.34 bits per heavy atom. The molecular weight excluding hydrogens is 392 g/mol. The Hall–Kier alpha value is -2.49. The second-order valence-electron chi connectivity index (χ2n) is 6.89. The summed E-state index contributed by atoms with van der Waals surface area (Å²) in [5.41, 5.74) is 0.528. The van der Waals surface area contributed by atoms with Crippen molar-refractivity contribution in [1.82, 2.24) is 10.2 Å². The lowest BCUT2D eigenvalue weighted by Gasteiger charge is -2.27. The molecule has 2 aromatic rings. The maximum Gasteiger partial charge on any atom is 0.293 e. The van der Waals surface area contributed by atoms with Crippen molar-refractivity contribution < 1.29 is 14.5 Å². The van der Waals surface area contributed by atoms with Crippen LogP contribution in [0.5, 0.6) is 0 Å². The van der Waals surface area contributed by atoms with Gasteiger partial charge in [-0.15, -0.1) is 11.3 Å². The minimum Gasteiger partial charge on any atom is -0.383 e. The zero-order chi connectivity index (χ0) is 20.6. The van der Waals surface area contributed by atoms with Gasteiger partial charge in [-0.25, -0.2) is 0 Å². The van der Waals surface area contributed by atoms with Crippen LogP contribution in [0.1, 0.15) is 34.1 Å². The number of nitrogens with zero attached hydrogens (tertiary/aromatic N) is 2. The van der Waals surface area contributed by atoms with Crippen LogP contribution in [0, 0.1) is 10.1 Å². The van der Waals surface area contributed by atoms with Gasteiger partial charge in [0.25, 0.3) is 11.6 Å². The number of hydrogen-bond donors (Lipinski definition) is 2. The van der Waals surface area contributed by atoms with Crippen LogP contribution in [0.3, 0.4) is 0 Å². The number of nitro groups is 1. The van der Waals surface area contributed by atoms with Gasteiger partial charge in [-0.1, -0.05) is 6.07 Å². The predicted octanol–water partition coefficient (Wildman–Crippen LogP) is 3.28. The largest absolute Gasteiger partial charge is 0.383 e. The molecule has 1 aromatic heterocycles. The van der Waals surface area contributed by atoms with Gasteiger partial charge in [0.15, 0.2) is 0 Å². The number of nitrogens with one attached hydrogen (secondary N) is 2. The Morgan fingerprint density at radius 3 is 2.79 bits per heavy atom. The van der Waals surface area contributed by atoms with Crippen molar-refractivity contribution in [2.24, 2.45) is 0 Å². The summed E-state index contributed by atoms with van der Waals surface area (Å²) in [6, 6.07) is 8.73. The molecule has 0 spiro atoms. The predicted molar refractivity (Wildman–Crippen MR) is 114 cm³/mol. The van der Waals surface area contributed by atoms with Crippen molar-refractivity contribution in [1.29, 1.82) is 0 Å². The normalized spacial score (nSPS) is 15.2. The van der Waals surface area contributed by atoms with Gasteiger partial charge in [-0.05, 0) is 49.5 Å². The van der Waals surface area contributed by atoms with E-state index in [1.165, 1.54) is 23.8 Å². The number of hydrogen-bond acceptors (Lipinski definition) is 7. The molecule has 2 heterocycles. The standard InChI is InChI=1S/C20H26N4O4S/c1-28-11-8-21-16-7-6-15(13-17(16)24(26)27)20(25)22-14-18(19-5-4-12-29-19)23-9-2-3-10-23/h4-7,12-13,18,21H,2-3,8-11,14H2,1H3,(H,22,25). The second kappa shape index (κ2) is 10.3. The Balaban J connectivity index is 1.69. The highest BCUT2D eigenvalue weighted by atomic mass is 32.1. The molecule has 8 nitrogen and oxygen atoms in total. The molecule has 1 fully saturated rings. The van der Waals surface area contributed by atoms with Gasteiger partial charge >= 0.3 is 0 Å². The van der Waals surface area contributed by atoms with Crippen molar-refractivity contribution >= 4 is 28.6 Å². The zero-order valence-corrected chi connectivity index (χ0v) is 17.2. The fourth-order valence-electron chi connectivity index (χ4n) is 3.50. The van der Waals surface area contributed by atoms with E-state index in [0.717, 1.165) is 13.1 Å². The van der Waals surface area contributed by atoms with E-state index >= 15 is 0 Å². The third kappa shape index (κ3) is 5.53. The average molecular weight is 419 g/mol. The van der Waals surface area contributed by atoms with E-state index in [2.05, 4.69) is 21.6 Å². The molecule has 156 valence electrons. The fraction of sp³-hybridized carbons (Fsp3) is 0.450. The second-order valence-corrected chi connectivity index (χ2v) is 7.87. The number of nitro benzene ring substituents is 1. The molecule has 9 heteroatoms. The lowest BCUT2D eigenvalue weighted by atomic mass is 10.1. The highest BCUT2D eigenvalue weighted by molar-refractivity contribution is 7.10. The van der Waals surface area contributed by atoms with Crippen molar-refractivity contribution in [3.05, 3.63) is 56.3 Å². The van der Waals surface area contributed by atoms with Crippen molar-refractivity contribution in [3.8, 4) is 0 Å². The molecule has 0 radical (unpaired) electrons. The average Bonchev–Trinajstić information content (AvgIpc) is 3.43. The van der Waals surface area contributed by atoms with Crippen LogP contribution in [0.2, 0.25) is 0 Å². The molecule has 1 aromatic carbocycles. The summed E-state index contributed by atoms with van der Waals surface area (Å²) in [5.74, 6) is -0.308. The van der Waals surface area contributed by atoms with E-state index < -0.39 is 4.92 Å². The molecule has 0 bridgehead atoms. The summed E-state index contributed by atoms with van der Waals surface area (Å²) < 4.78 is 4.95. The topological polar surface area (TPSA) is 96.7 Å². The lowest BCUT2D eigenvalue weighted by Crippen LogP contribution is -2.36. The number of rotatable bonds is 10. The molecule has 1 atom stereocenters. The third-order valence-electron chi connectivity index (χ3n) is 4.99. The molecule has 1 aliphatic heterocycles. The molecular formula is C20H26N4O4S. The molecule has 3 rings (SSSR count). The first-order chi connectivity index (χ1) is 14.1. The van der Waals surface area contributed by atoms with Gasteiger partial charge in [0.2, 0.25) is 0 Å². The van der Waals surface area contributed by atoms with Gasteiger partial charge in [-0.2, -0.15) is 0 Å². The van der Waals surface area contributed by atoms with Gasteiger partial charge < -0.3 is 15.4 Å². The van der Waals surface area contributed by atoms with Gasteiger partial charge in [0.1, 0.15) is 5.69 Å². The first kappa shape index (κ1) is 21.2. The Kier molecular flexibility index (Phi) is 7.56. The maximum absolute atomic E-state index is 12.7. The van der Waals surface area contributed by atoms with Crippen LogP contribution in [0.25, 0.3) is 0 Å². The van der Waals surface area contributed by atoms with Crippen molar-refractivity contribution in [3.63, 3.8) is 0 Å². The molecule has 1 aliphatic rings. The first-order valence-corrected chi connectivity index (χ1v) is 10.5. The van der Waals surface area contributed by atoms with E-state index in [4.69, 9.17) is 4.74 Å². The summed E-state index contributed by atoms with van der Waals surface area (Å²) in [7, 11) is 1.56. The number of ether oxygens (including phenoxy) is 1. The summed E-state index contributed by atoms with van der Waals surface area (Å²) in [6.07, 6.45) is 2.33. The number of thiophene rings is 1. The monoisotopic (exact) mass is 418 g/mol. The third-order valence-corrected chi connectivity index (χ3v) is 5.96. The molecule has 0 saturated carbocycles. The molecule has 2 N–H and O–H groups in total. The smallest absolute Gasteiger partial charge is 0.293 e. The quantitative estimate of drug-likeness (QED) is 0.349. The van der Waals surface area contributed by atoms with E-state index in [0.29, 0.717) is 25.4 Å². The highest BCUT2D eigenvalue weighted by Crippen LogP contribution is 2.28. The molecule has 1 unspecified atom stereocenters. The fourth-order valence-corrected chi connectivity index (χ4v) is 4.36. The number of anilines is 1. The number of benzene rings is 1. The van der Waals surface area contributed by atoms with Gasteiger partial charge in [-0.3, -0.25) is 19.8 Å². The Morgan fingerprint density at radius 2 is 2.14 bits per heavy atom. The highest BCUT2D eigenvalue weighted by Gasteiger charge is 2.25. The van der Waals surface area contributed by atoms with Crippen LogP contribution in [0.15, 0.2) is 35.7 Å². The zero-order valence-electron chi connectivity index (χ0n) is 16.4. The van der Waals surface area contributed by atoms with Crippen molar-refractivity contribution in [2.75, 3.05) is 45.2 Å². The SMILES string of the molecule is COCCNc1ccc(C(=O)NCC(c2cccs2)N2CCCC2)cc1[N+](=O)[O-]. The number of amides is 1. The number of methoxy groups -OCH3 is 1. The van der Waals surface area contributed by atoms with E-state index in [9.17, 15) is 14.9 Å². The summed E-state index contributed by atoms with van der Waals surface area (Å²) in [5, 5.41) is 19.4. The van der Waals surface area contributed by atoms with Crippen LogP contribution in [-0.2, 0) is 4.74 Å². The van der Waals surface area contributed by atoms with Gasteiger partial charge in [0.05, 0.1) is 17.6 Å². The number of likely N-dealkylation sites (tertiary alicyclic amines) is 1. The van der Waals surface area contributed by atoms with Crippen molar-refractivity contribution in [2.45, 2.75) is 18.9 Å². The Labute approximate surface area is 174 Å². The Bertz CT molecular complexity index is 822. The van der Waals surface area contributed by atoms with Gasteiger partial charge in [0, 0.05) is 36.7 Å². The summed E-state index contributed by atoms with van der Waals surface area (Å²) in [4.78, 5) is 27.2. The maximum atomic E-state index is 12.7. The van der Waals surface area contributed by atoms with Crippen LogP contribution in [-0.4, -0.2) is 55.6 Å². The van der Waals surface area contributed by atoms with E-state index in [1.54, 1.807) is 30.6 Å². The van der Waals surface area contributed by atoms with Crippen LogP contribution >= 0.6 is 11.3 Å².